The molecule has 1 aromatic heterocycles. The van der Waals surface area contributed by atoms with E-state index in [0.717, 1.165) is 36.2 Å². The highest BCUT2D eigenvalue weighted by Crippen LogP contribution is 2.22. The van der Waals surface area contributed by atoms with Crippen molar-refractivity contribution >= 4 is 33.3 Å². The van der Waals surface area contributed by atoms with E-state index in [1.807, 2.05) is 6.07 Å². The van der Waals surface area contributed by atoms with Crippen molar-refractivity contribution in [1.82, 2.24) is 4.98 Å². The fourth-order valence-electron chi connectivity index (χ4n) is 1.37. The van der Waals surface area contributed by atoms with Crippen molar-refractivity contribution in [1.29, 1.82) is 0 Å². The first-order valence-corrected chi connectivity index (χ1v) is 6.66. The number of nitrogens with two attached hydrogens (primary N) is 1. The summed E-state index contributed by atoms with van der Waals surface area (Å²) in [6.45, 7) is 1.72. The van der Waals surface area contributed by atoms with E-state index in [4.69, 9.17) is 17.3 Å². The van der Waals surface area contributed by atoms with Gasteiger partial charge in [0, 0.05) is 12.7 Å². The van der Waals surface area contributed by atoms with E-state index >= 15 is 0 Å². The predicted octanol–water partition coefficient (Wildman–Crippen LogP) is 3.43. The Morgan fingerprint density at radius 2 is 2.06 bits per heavy atom. The van der Waals surface area contributed by atoms with Gasteiger partial charge in [0.2, 0.25) is 0 Å². The summed E-state index contributed by atoms with van der Waals surface area (Å²) >= 11 is 9.22. The van der Waals surface area contributed by atoms with E-state index in [0.29, 0.717) is 5.02 Å². The molecule has 1 aromatic rings. The predicted molar refractivity (Wildman–Crippen MR) is 73.0 cm³/mol. The lowest BCUT2D eigenvalue weighted by Gasteiger charge is -2.07. The van der Waals surface area contributed by atoms with Gasteiger partial charge in [-0.1, -0.05) is 24.4 Å². The highest BCUT2D eigenvalue weighted by molar-refractivity contribution is 9.10. The smallest absolute Gasteiger partial charge is 0.140 e. The minimum Gasteiger partial charge on any atom is -0.369 e. The molecule has 90 valence electrons. The standard InChI is InChI=1S/C11H17BrClN3/c12-10-7-9(13)8-16-11(10)15-6-4-2-1-3-5-14/h7-8H,1-6,14H2,(H,15,16). The van der Waals surface area contributed by atoms with Gasteiger partial charge in [-0.3, -0.25) is 0 Å². The molecule has 0 aliphatic heterocycles. The molecule has 0 bridgehead atoms. The lowest BCUT2D eigenvalue weighted by Crippen LogP contribution is -2.04. The van der Waals surface area contributed by atoms with Gasteiger partial charge in [0.15, 0.2) is 0 Å². The van der Waals surface area contributed by atoms with Crippen LogP contribution in [0.25, 0.3) is 0 Å². The third-order valence-corrected chi connectivity index (χ3v) is 3.04. The van der Waals surface area contributed by atoms with Gasteiger partial charge in [0.1, 0.15) is 5.82 Å². The maximum Gasteiger partial charge on any atom is 0.140 e. The maximum absolute atomic E-state index is 5.80. The number of pyridine rings is 1. The summed E-state index contributed by atoms with van der Waals surface area (Å²) in [6, 6.07) is 1.84. The summed E-state index contributed by atoms with van der Waals surface area (Å²) < 4.78 is 0.905. The summed E-state index contributed by atoms with van der Waals surface area (Å²) in [7, 11) is 0. The first kappa shape index (κ1) is 13.7. The van der Waals surface area contributed by atoms with Crippen LogP contribution in [0.15, 0.2) is 16.7 Å². The second-order valence-electron chi connectivity index (χ2n) is 3.61. The van der Waals surface area contributed by atoms with Crippen molar-refractivity contribution in [3.8, 4) is 0 Å². The zero-order valence-electron chi connectivity index (χ0n) is 9.18. The number of unbranched alkanes of at least 4 members (excludes halogenated alkanes) is 3. The molecule has 0 atom stereocenters. The van der Waals surface area contributed by atoms with Gasteiger partial charge in [-0.15, -0.1) is 0 Å². The molecule has 1 heterocycles. The average Bonchev–Trinajstić information content (AvgIpc) is 2.26. The Hall–Kier alpha value is -0.320. The Morgan fingerprint density at radius 3 is 2.75 bits per heavy atom. The SMILES string of the molecule is NCCCCCCNc1ncc(Cl)cc1Br. The first-order valence-electron chi connectivity index (χ1n) is 5.49. The van der Waals surface area contributed by atoms with Crippen molar-refractivity contribution in [2.75, 3.05) is 18.4 Å². The van der Waals surface area contributed by atoms with Crippen LogP contribution in [0.1, 0.15) is 25.7 Å². The molecule has 0 amide bonds. The van der Waals surface area contributed by atoms with Crippen LogP contribution in [0, 0.1) is 0 Å². The maximum atomic E-state index is 5.80. The van der Waals surface area contributed by atoms with Crippen LogP contribution in [0.3, 0.4) is 0 Å². The van der Waals surface area contributed by atoms with E-state index < -0.39 is 0 Å². The molecule has 0 aliphatic carbocycles. The molecule has 0 saturated heterocycles. The fraction of sp³-hybridized carbons (Fsp3) is 0.545. The lowest BCUT2D eigenvalue weighted by atomic mass is 10.2. The number of aromatic nitrogens is 1. The van der Waals surface area contributed by atoms with Crippen LogP contribution in [-0.4, -0.2) is 18.1 Å². The molecule has 0 unspecified atom stereocenters. The molecule has 0 fully saturated rings. The van der Waals surface area contributed by atoms with Crippen LogP contribution < -0.4 is 11.1 Å². The number of hydrogen-bond donors (Lipinski definition) is 2. The van der Waals surface area contributed by atoms with Gasteiger partial charge < -0.3 is 11.1 Å². The van der Waals surface area contributed by atoms with Crippen LogP contribution in [0.5, 0.6) is 0 Å². The van der Waals surface area contributed by atoms with Crippen LogP contribution in [0.4, 0.5) is 5.82 Å². The summed E-state index contributed by atoms with van der Waals surface area (Å²) in [4.78, 5) is 4.20. The van der Waals surface area contributed by atoms with E-state index in [1.54, 1.807) is 6.20 Å². The largest absolute Gasteiger partial charge is 0.369 e. The second kappa shape index (κ2) is 7.87. The van der Waals surface area contributed by atoms with Crippen molar-refractivity contribution in [2.24, 2.45) is 5.73 Å². The third-order valence-electron chi connectivity index (χ3n) is 2.23. The van der Waals surface area contributed by atoms with Crippen molar-refractivity contribution in [3.05, 3.63) is 21.8 Å². The van der Waals surface area contributed by atoms with Gasteiger partial charge in [-0.25, -0.2) is 4.98 Å². The Labute approximate surface area is 110 Å². The topological polar surface area (TPSA) is 50.9 Å². The Balaban J connectivity index is 2.21. The van der Waals surface area contributed by atoms with E-state index in [1.165, 1.54) is 12.8 Å². The molecule has 0 spiro atoms. The normalized spacial score (nSPS) is 10.4. The van der Waals surface area contributed by atoms with Crippen molar-refractivity contribution < 1.29 is 0 Å². The van der Waals surface area contributed by atoms with Crippen molar-refractivity contribution in [3.63, 3.8) is 0 Å². The monoisotopic (exact) mass is 305 g/mol. The fourth-order valence-corrected chi connectivity index (χ4v) is 2.15. The Kier molecular flexibility index (Phi) is 6.76. The minimum absolute atomic E-state index is 0.639. The van der Waals surface area contributed by atoms with E-state index in [9.17, 15) is 0 Å². The van der Waals surface area contributed by atoms with E-state index in [2.05, 4.69) is 26.2 Å². The zero-order valence-corrected chi connectivity index (χ0v) is 11.5. The van der Waals surface area contributed by atoms with Crippen LogP contribution in [0.2, 0.25) is 5.02 Å². The molecule has 0 saturated carbocycles. The average molecular weight is 307 g/mol. The summed E-state index contributed by atoms with van der Waals surface area (Å²) in [5, 5.41) is 3.91. The second-order valence-corrected chi connectivity index (χ2v) is 4.90. The van der Waals surface area contributed by atoms with E-state index in [-0.39, 0.29) is 0 Å². The molecule has 16 heavy (non-hydrogen) atoms. The van der Waals surface area contributed by atoms with Gasteiger partial charge in [0.25, 0.3) is 0 Å². The van der Waals surface area contributed by atoms with Crippen molar-refractivity contribution in [2.45, 2.75) is 25.7 Å². The zero-order chi connectivity index (χ0) is 11.8. The quantitative estimate of drug-likeness (QED) is 0.759. The van der Waals surface area contributed by atoms with Gasteiger partial charge in [-0.05, 0) is 41.4 Å². The number of nitrogens with zero attached hydrogens (tertiary/aromatic N) is 1. The Bertz CT molecular complexity index is 320. The number of hydrogen-bond acceptors (Lipinski definition) is 3. The minimum atomic E-state index is 0.639. The molecule has 1 rings (SSSR count). The third kappa shape index (κ3) is 5.14. The summed E-state index contributed by atoms with van der Waals surface area (Å²) in [5.74, 6) is 0.850. The molecular weight excluding hydrogens is 289 g/mol. The summed E-state index contributed by atoms with van der Waals surface area (Å²) in [5.41, 5.74) is 5.42. The van der Waals surface area contributed by atoms with Crippen LogP contribution in [-0.2, 0) is 0 Å². The highest BCUT2D eigenvalue weighted by atomic mass is 79.9. The molecule has 0 radical (unpaired) electrons. The number of halogens is 2. The highest BCUT2D eigenvalue weighted by Gasteiger charge is 2.00. The lowest BCUT2D eigenvalue weighted by molar-refractivity contribution is 0.661. The van der Waals surface area contributed by atoms with Gasteiger partial charge in [-0.2, -0.15) is 0 Å². The van der Waals surface area contributed by atoms with Gasteiger partial charge >= 0.3 is 0 Å². The number of rotatable bonds is 7. The molecule has 5 heteroatoms. The molecular formula is C11H17BrClN3. The molecule has 3 N–H and O–H groups in total. The molecule has 0 aromatic carbocycles. The Morgan fingerprint density at radius 1 is 1.31 bits per heavy atom. The summed E-state index contributed by atoms with van der Waals surface area (Å²) in [6.07, 6.45) is 6.30. The first-order chi connectivity index (χ1) is 7.74. The van der Waals surface area contributed by atoms with Gasteiger partial charge in [0.05, 0.1) is 9.50 Å². The molecule has 0 aliphatic rings. The van der Waals surface area contributed by atoms with Crippen LogP contribution >= 0.6 is 27.5 Å². The molecule has 3 nitrogen and oxygen atoms in total. The number of anilines is 1. The number of nitrogens with one attached hydrogen (secondary N) is 1.